The lowest BCUT2D eigenvalue weighted by Gasteiger charge is -2.49. The second-order valence-electron chi connectivity index (χ2n) is 4.95. The fourth-order valence-corrected chi connectivity index (χ4v) is 2.79. The number of nitrogens with zero attached hydrogens (tertiary/aromatic N) is 1. The molecule has 2 amide bonds. The first-order valence-corrected chi connectivity index (χ1v) is 6.57. The minimum Gasteiger partial charge on any atom is -0.383 e. The number of carbonyl (C=O) groups excluding carboxylic acids is 2. The molecule has 5 nitrogen and oxygen atoms in total. The lowest BCUT2D eigenvalue weighted by molar-refractivity contribution is -0.162. The molecular weight excluding hydrogens is 232 g/mol. The van der Waals surface area contributed by atoms with Crippen molar-refractivity contribution in [1.29, 1.82) is 0 Å². The summed E-state index contributed by atoms with van der Waals surface area (Å²) in [6.07, 6.45) is 1.23. The van der Waals surface area contributed by atoms with E-state index in [0.717, 1.165) is 0 Å². The molecule has 1 rings (SSSR count). The fraction of sp³-hybridized carbons (Fsp3) is 0.846. The van der Waals surface area contributed by atoms with Gasteiger partial charge in [0.25, 0.3) is 0 Å². The maximum absolute atomic E-state index is 12.4. The number of carbonyl (C=O) groups is 2. The Kier molecular flexibility index (Phi) is 4.73. The second-order valence-corrected chi connectivity index (χ2v) is 4.95. The van der Waals surface area contributed by atoms with E-state index in [9.17, 15) is 9.59 Å². The molecule has 0 spiro atoms. The van der Waals surface area contributed by atoms with Crippen molar-refractivity contribution in [3.05, 3.63) is 0 Å². The highest BCUT2D eigenvalue weighted by molar-refractivity contribution is 5.99. The molecule has 0 aromatic carbocycles. The van der Waals surface area contributed by atoms with Crippen LogP contribution in [0.2, 0.25) is 0 Å². The highest BCUT2D eigenvalue weighted by atomic mass is 16.5. The van der Waals surface area contributed by atoms with E-state index < -0.39 is 11.6 Å². The number of hydrogen-bond donors (Lipinski definition) is 1. The van der Waals surface area contributed by atoms with Gasteiger partial charge in [-0.25, -0.2) is 0 Å². The molecular formula is C13H24N2O3. The van der Waals surface area contributed by atoms with Crippen LogP contribution in [0.15, 0.2) is 0 Å². The van der Waals surface area contributed by atoms with Crippen LogP contribution in [-0.2, 0) is 14.3 Å². The zero-order chi connectivity index (χ0) is 13.9. The SMILES string of the molecule is CCC1(CC)C(=O)NC(C)C(=O)N1C(C)COC. The zero-order valence-corrected chi connectivity index (χ0v) is 11.9. The van der Waals surface area contributed by atoms with Gasteiger partial charge in [0.05, 0.1) is 12.6 Å². The molecule has 1 N–H and O–H groups in total. The fourth-order valence-electron chi connectivity index (χ4n) is 2.79. The van der Waals surface area contributed by atoms with Crippen LogP contribution in [-0.4, -0.2) is 48.1 Å². The van der Waals surface area contributed by atoms with Gasteiger partial charge in [0.2, 0.25) is 11.8 Å². The Balaban J connectivity index is 3.16. The second kappa shape index (κ2) is 5.69. The van der Waals surface area contributed by atoms with Gasteiger partial charge in [0.15, 0.2) is 0 Å². The molecule has 0 bridgehead atoms. The normalized spacial score (nSPS) is 24.9. The molecule has 2 atom stereocenters. The van der Waals surface area contributed by atoms with Gasteiger partial charge in [-0.2, -0.15) is 0 Å². The molecule has 0 aromatic heterocycles. The smallest absolute Gasteiger partial charge is 0.246 e. The predicted octanol–water partition coefficient (Wildman–Crippen LogP) is 0.927. The topological polar surface area (TPSA) is 58.6 Å². The van der Waals surface area contributed by atoms with Crippen molar-refractivity contribution >= 4 is 11.8 Å². The number of rotatable bonds is 5. The molecule has 1 aliphatic rings. The molecule has 1 saturated heterocycles. The van der Waals surface area contributed by atoms with Gasteiger partial charge < -0.3 is 15.0 Å². The molecule has 0 saturated carbocycles. The number of hydrogen-bond acceptors (Lipinski definition) is 3. The van der Waals surface area contributed by atoms with E-state index in [0.29, 0.717) is 19.4 Å². The molecule has 0 aliphatic carbocycles. The molecule has 104 valence electrons. The largest absolute Gasteiger partial charge is 0.383 e. The molecule has 1 heterocycles. The van der Waals surface area contributed by atoms with Gasteiger partial charge in [-0.05, 0) is 26.7 Å². The van der Waals surface area contributed by atoms with Gasteiger partial charge in [0.1, 0.15) is 11.6 Å². The summed E-state index contributed by atoms with van der Waals surface area (Å²) in [7, 11) is 1.61. The van der Waals surface area contributed by atoms with E-state index >= 15 is 0 Å². The van der Waals surface area contributed by atoms with Gasteiger partial charge in [-0.15, -0.1) is 0 Å². The summed E-state index contributed by atoms with van der Waals surface area (Å²) in [6.45, 7) is 7.97. The Bertz CT molecular complexity index is 326. The van der Waals surface area contributed by atoms with Crippen molar-refractivity contribution in [2.24, 2.45) is 0 Å². The standard InChI is InChI=1S/C13H24N2O3/c1-6-13(7-2)12(17)14-10(4)11(16)15(13)9(3)8-18-5/h9-10H,6-8H2,1-5H3,(H,14,17). The van der Waals surface area contributed by atoms with Gasteiger partial charge in [0, 0.05) is 7.11 Å². The van der Waals surface area contributed by atoms with Crippen molar-refractivity contribution in [1.82, 2.24) is 10.2 Å². The average Bonchev–Trinajstić information content (AvgIpc) is 2.34. The number of ether oxygens (including phenoxy) is 1. The average molecular weight is 256 g/mol. The summed E-state index contributed by atoms with van der Waals surface area (Å²) >= 11 is 0. The van der Waals surface area contributed by atoms with Crippen LogP contribution in [0.1, 0.15) is 40.5 Å². The molecule has 1 aliphatic heterocycles. The van der Waals surface area contributed by atoms with Crippen LogP contribution >= 0.6 is 0 Å². The summed E-state index contributed by atoms with van der Waals surface area (Å²) in [5, 5.41) is 2.78. The third-order valence-electron chi connectivity index (χ3n) is 3.86. The van der Waals surface area contributed by atoms with Crippen molar-refractivity contribution in [2.75, 3.05) is 13.7 Å². The lowest BCUT2D eigenvalue weighted by atomic mass is 9.85. The van der Waals surface area contributed by atoms with Crippen LogP contribution in [0.5, 0.6) is 0 Å². The molecule has 18 heavy (non-hydrogen) atoms. The molecule has 0 aromatic rings. The maximum Gasteiger partial charge on any atom is 0.246 e. The van der Waals surface area contributed by atoms with E-state index in [1.54, 1.807) is 18.9 Å². The summed E-state index contributed by atoms with van der Waals surface area (Å²) in [5.74, 6) is -0.0783. The Morgan fingerprint density at radius 3 is 2.39 bits per heavy atom. The Morgan fingerprint density at radius 2 is 1.94 bits per heavy atom. The third kappa shape index (κ3) is 2.23. The van der Waals surface area contributed by atoms with Gasteiger partial charge in [-0.1, -0.05) is 13.8 Å². The van der Waals surface area contributed by atoms with Crippen molar-refractivity contribution in [2.45, 2.75) is 58.2 Å². The Hall–Kier alpha value is -1.10. The summed E-state index contributed by atoms with van der Waals surface area (Å²) in [6, 6.07) is -0.557. The highest BCUT2D eigenvalue weighted by Crippen LogP contribution is 2.30. The van der Waals surface area contributed by atoms with Gasteiger partial charge in [-0.3, -0.25) is 9.59 Å². The Morgan fingerprint density at radius 1 is 1.39 bits per heavy atom. The van der Waals surface area contributed by atoms with E-state index in [4.69, 9.17) is 4.74 Å². The quantitative estimate of drug-likeness (QED) is 0.796. The van der Waals surface area contributed by atoms with Crippen molar-refractivity contribution < 1.29 is 14.3 Å². The third-order valence-corrected chi connectivity index (χ3v) is 3.86. The first kappa shape index (κ1) is 15.0. The van der Waals surface area contributed by atoms with Gasteiger partial charge >= 0.3 is 0 Å². The van der Waals surface area contributed by atoms with E-state index in [2.05, 4.69) is 5.32 Å². The number of nitrogens with one attached hydrogen (secondary N) is 1. The number of piperazine rings is 1. The summed E-state index contributed by atoms with van der Waals surface area (Å²) in [5.41, 5.74) is -0.735. The van der Waals surface area contributed by atoms with Crippen LogP contribution < -0.4 is 5.32 Å². The summed E-state index contributed by atoms with van der Waals surface area (Å²) < 4.78 is 5.13. The maximum atomic E-state index is 12.4. The first-order chi connectivity index (χ1) is 8.44. The van der Waals surface area contributed by atoms with E-state index in [1.165, 1.54) is 0 Å². The van der Waals surface area contributed by atoms with Crippen LogP contribution in [0.3, 0.4) is 0 Å². The van der Waals surface area contributed by atoms with Crippen molar-refractivity contribution in [3.63, 3.8) is 0 Å². The first-order valence-electron chi connectivity index (χ1n) is 6.57. The Labute approximate surface area is 109 Å². The molecule has 0 radical (unpaired) electrons. The number of methoxy groups -OCH3 is 1. The van der Waals surface area contributed by atoms with Crippen LogP contribution in [0.4, 0.5) is 0 Å². The van der Waals surface area contributed by atoms with E-state index in [1.807, 2.05) is 20.8 Å². The minimum absolute atomic E-state index is 0.0251. The minimum atomic E-state index is -0.735. The highest BCUT2D eigenvalue weighted by Gasteiger charge is 2.50. The molecule has 2 unspecified atom stereocenters. The zero-order valence-electron chi connectivity index (χ0n) is 11.9. The lowest BCUT2D eigenvalue weighted by Crippen LogP contribution is -2.72. The monoisotopic (exact) mass is 256 g/mol. The van der Waals surface area contributed by atoms with Crippen LogP contribution in [0, 0.1) is 0 Å². The number of amides is 2. The molecule has 1 fully saturated rings. The summed E-state index contributed by atoms with van der Waals surface area (Å²) in [4.78, 5) is 26.4. The molecule has 5 heteroatoms. The predicted molar refractivity (Wildman–Crippen MR) is 69.1 cm³/mol. The van der Waals surface area contributed by atoms with Crippen LogP contribution in [0.25, 0.3) is 0 Å². The van der Waals surface area contributed by atoms with Crippen molar-refractivity contribution in [3.8, 4) is 0 Å². The van der Waals surface area contributed by atoms with E-state index in [-0.39, 0.29) is 17.9 Å².